The third kappa shape index (κ3) is 3.83. The third-order valence-corrected chi connectivity index (χ3v) is 4.32. The minimum Gasteiger partial charge on any atom is -0.355 e. The summed E-state index contributed by atoms with van der Waals surface area (Å²) in [6.45, 7) is 2.12. The monoisotopic (exact) mass is 367 g/mol. The zero-order chi connectivity index (χ0) is 18.7. The van der Waals surface area contributed by atoms with Crippen LogP contribution >= 0.6 is 11.6 Å². The largest absolute Gasteiger partial charge is 0.355 e. The molecule has 0 fully saturated rings. The van der Waals surface area contributed by atoms with E-state index in [0.29, 0.717) is 28.4 Å². The highest BCUT2D eigenvalue weighted by Gasteiger charge is 2.12. The van der Waals surface area contributed by atoms with Gasteiger partial charge >= 0.3 is 0 Å². The fourth-order valence-corrected chi connectivity index (χ4v) is 2.90. The van der Waals surface area contributed by atoms with Crippen molar-refractivity contribution in [2.75, 3.05) is 7.05 Å². The molecule has 0 atom stereocenters. The number of aryl methyl sites for hydroxylation is 1. The van der Waals surface area contributed by atoms with E-state index >= 15 is 0 Å². The molecule has 1 aromatic heterocycles. The summed E-state index contributed by atoms with van der Waals surface area (Å²) in [5, 5.41) is 6.87. The van der Waals surface area contributed by atoms with Crippen molar-refractivity contribution in [1.29, 1.82) is 0 Å². The van der Waals surface area contributed by atoms with E-state index in [0.717, 1.165) is 16.5 Å². The van der Waals surface area contributed by atoms with Gasteiger partial charge in [0, 0.05) is 29.6 Å². The van der Waals surface area contributed by atoms with Gasteiger partial charge in [-0.1, -0.05) is 23.7 Å². The van der Waals surface area contributed by atoms with Gasteiger partial charge in [0.05, 0.1) is 16.8 Å². The van der Waals surface area contributed by atoms with Crippen LogP contribution in [0.5, 0.6) is 0 Å². The average Bonchev–Trinajstić information content (AvgIpc) is 2.65. The molecule has 2 aromatic carbocycles. The van der Waals surface area contributed by atoms with Crippen LogP contribution in [0.25, 0.3) is 10.9 Å². The first-order chi connectivity index (χ1) is 12.5. The summed E-state index contributed by atoms with van der Waals surface area (Å²) in [6, 6.07) is 14.3. The molecule has 2 amide bonds. The molecule has 0 saturated heterocycles. The summed E-state index contributed by atoms with van der Waals surface area (Å²) in [5.74, 6) is -0.383. The minimum absolute atomic E-state index is 0.162. The Morgan fingerprint density at radius 1 is 1.08 bits per heavy atom. The number of pyridine rings is 1. The van der Waals surface area contributed by atoms with Crippen molar-refractivity contribution in [3.8, 4) is 0 Å². The molecule has 0 aliphatic rings. The Balaban J connectivity index is 1.79. The van der Waals surface area contributed by atoms with Gasteiger partial charge in [0.1, 0.15) is 0 Å². The van der Waals surface area contributed by atoms with E-state index in [1.807, 2.05) is 12.1 Å². The Hall–Kier alpha value is -2.92. The third-order valence-electron chi connectivity index (χ3n) is 4.08. The number of benzene rings is 2. The number of nitrogens with zero attached hydrogens (tertiary/aromatic N) is 1. The van der Waals surface area contributed by atoms with E-state index in [2.05, 4.69) is 15.6 Å². The van der Waals surface area contributed by atoms with Crippen LogP contribution in [0.4, 0.5) is 0 Å². The van der Waals surface area contributed by atoms with E-state index in [1.54, 1.807) is 50.4 Å². The first kappa shape index (κ1) is 17.9. The lowest BCUT2D eigenvalue weighted by molar-refractivity contribution is 0.0948. The van der Waals surface area contributed by atoms with E-state index in [4.69, 9.17) is 11.6 Å². The van der Waals surface area contributed by atoms with Crippen molar-refractivity contribution in [2.24, 2.45) is 0 Å². The number of hydrogen-bond acceptors (Lipinski definition) is 3. The summed E-state index contributed by atoms with van der Waals surface area (Å²) in [5.41, 5.74) is 3.34. The summed E-state index contributed by atoms with van der Waals surface area (Å²) in [7, 11) is 1.58. The highest BCUT2D eigenvalue weighted by Crippen LogP contribution is 2.20. The lowest BCUT2D eigenvalue weighted by atomic mass is 10.1. The van der Waals surface area contributed by atoms with Crippen LogP contribution in [0.2, 0.25) is 5.02 Å². The molecule has 6 heteroatoms. The zero-order valence-electron chi connectivity index (χ0n) is 14.5. The second-order valence-electron chi connectivity index (χ2n) is 5.92. The van der Waals surface area contributed by atoms with Gasteiger partial charge < -0.3 is 10.6 Å². The Labute approximate surface area is 156 Å². The van der Waals surface area contributed by atoms with E-state index in [-0.39, 0.29) is 11.8 Å². The Morgan fingerprint density at radius 2 is 1.88 bits per heavy atom. The number of carbonyl (C=O) groups is 2. The van der Waals surface area contributed by atoms with Crippen LogP contribution in [-0.2, 0) is 6.54 Å². The molecule has 0 bridgehead atoms. The maximum absolute atomic E-state index is 12.6. The fourth-order valence-electron chi connectivity index (χ4n) is 2.72. The first-order valence-electron chi connectivity index (χ1n) is 8.14. The lowest BCUT2D eigenvalue weighted by Gasteiger charge is -2.10. The molecule has 132 valence electrons. The number of hydrogen-bond donors (Lipinski definition) is 2. The summed E-state index contributed by atoms with van der Waals surface area (Å²) < 4.78 is 0. The number of halogens is 1. The van der Waals surface area contributed by atoms with Crippen LogP contribution in [0, 0.1) is 6.92 Å². The quantitative estimate of drug-likeness (QED) is 0.741. The van der Waals surface area contributed by atoms with Gasteiger partial charge in [0.15, 0.2) is 0 Å². The second-order valence-corrected chi connectivity index (χ2v) is 6.36. The van der Waals surface area contributed by atoms with Gasteiger partial charge in [0.25, 0.3) is 11.8 Å². The van der Waals surface area contributed by atoms with Crippen molar-refractivity contribution in [3.63, 3.8) is 0 Å². The normalized spacial score (nSPS) is 10.6. The molecule has 3 rings (SSSR count). The van der Waals surface area contributed by atoms with Gasteiger partial charge in [-0.15, -0.1) is 0 Å². The van der Waals surface area contributed by atoms with Gasteiger partial charge in [0.2, 0.25) is 0 Å². The molecule has 0 saturated carbocycles. The fraction of sp³-hybridized carbons (Fsp3) is 0.150. The Morgan fingerprint density at radius 3 is 2.65 bits per heavy atom. The SMILES string of the molecule is CNC(=O)c1cccc(CNC(=O)c2cc3cc(Cl)ccc3nc2C)c1. The smallest absolute Gasteiger partial charge is 0.253 e. The van der Waals surface area contributed by atoms with Gasteiger partial charge in [-0.05, 0) is 48.9 Å². The number of rotatable bonds is 4. The predicted molar refractivity (Wildman–Crippen MR) is 102 cm³/mol. The van der Waals surface area contributed by atoms with Gasteiger partial charge in [-0.3, -0.25) is 14.6 Å². The molecule has 0 radical (unpaired) electrons. The van der Waals surface area contributed by atoms with Crippen molar-refractivity contribution >= 4 is 34.3 Å². The summed E-state index contributed by atoms with van der Waals surface area (Å²) in [4.78, 5) is 28.8. The molecular weight excluding hydrogens is 350 g/mol. The van der Waals surface area contributed by atoms with Crippen molar-refractivity contribution in [2.45, 2.75) is 13.5 Å². The van der Waals surface area contributed by atoms with Crippen molar-refractivity contribution in [3.05, 3.63) is 75.9 Å². The molecule has 0 spiro atoms. The number of aromatic nitrogens is 1. The minimum atomic E-state index is -0.220. The molecule has 0 aliphatic heterocycles. The van der Waals surface area contributed by atoms with Crippen LogP contribution in [0.3, 0.4) is 0 Å². The molecule has 0 unspecified atom stereocenters. The second kappa shape index (κ2) is 7.54. The molecule has 1 heterocycles. The molecule has 0 aliphatic carbocycles. The van der Waals surface area contributed by atoms with E-state index in [1.165, 1.54) is 0 Å². The lowest BCUT2D eigenvalue weighted by Crippen LogP contribution is -2.24. The topological polar surface area (TPSA) is 71.1 Å². The first-order valence-corrected chi connectivity index (χ1v) is 8.52. The predicted octanol–water partition coefficient (Wildman–Crippen LogP) is 3.49. The highest BCUT2D eigenvalue weighted by atomic mass is 35.5. The van der Waals surface area contributed by atoms with Gasteiger partial charge in [-0.2, -0.15) is 0 Å². The van der Waals surface area contributed by atoms with Gasteiger partial charge in [-0.25, -0.2) is 0 Å². The van der Waals surface area contributed by atoms with E-state index < -0.39 is 0 Å². The summed E-state index contributed by atoms with van der Waals surface area (Å²) in [6.07, 6.45) is 0. The molecule has 3 aromatic rings. The van der Waals surface area contributed by atoms with Crippen LogP contribution in [-0.4, -0.2) is 23.8 Å². The van der Waals surface area contributed by atoms with Crippen LogP contribution in [0.15, 0.2) is 48.5 Å². The highest BCUT2D eigenvalue weighted by molar-refractivity contribution is 6.31. The van der Waals surface area contributed by atoms with Crippen LogP contribution < -0.4 is 10.6 Å². The maximum atomic E-state index is 12.6. The number of amides is 2. The summed E-state index contributed by atoms with van der Waals surface area (Å²) >= 11 is 6.02. The average molecular weight is 368 g/mol. The number of nitrogens with one attached hydrogen (secondary N) is 2. The Bertz CT molecular complexity index is 1000. The van der Waals surface area contributed by atoms with E-state index in [9.17, 15) is 9.59 Å². The maximum Gasteiger partial charge on any atom is 0.253 e. The van der Waals surface area contributed by atoms with Crippen LogP contribution in [0.1, 0.15) is 32.0 Å². The molecule has 5 nitrogen and oxygen atoms in total. The standard InChI is InChI=1S/C20H18ClN3O2/c1-12-17(10-15-9-16(21)6-7-18(15)24-12)20(26)23-11-13-4-3-5-14(8-13)19(25)22-2/h3-10H,11H2,1-2H3,(H,22,25)(H,23,26). The molecule has 2 N–H and O–H groups in total. The number of fused-ring (bicyclic) bond motifs is 1. The van der Waals surface area contributed by atoms with Crippen molar-refractivity contribution < 1.29 is 9.59 Å². The zero-order valence-corrected chi connectivity index (χ0v) is 15.2. The Kier molecular flexibility index (Phi) is 5.19. The number of carbonyl (C=O) groups excluding carboxylic acids is 2. The van der Waals surface area contributed by atoms with Crippen molar-refractivity contribution in [1.82, 2.24) is 15.6 Å². The molecular formula is C20H18ClN3O2. The molecule has 26 heavy (non-hydrogen) atoms.